The van der Waals surface area contributed by atoms with E-state index in [9.17, 15) is 9.59 Å². The Bertz CT molecular complexity index is 724. The predicted molar refractivity (Wildman–Crippen MR) is 96.2 cm³/mol. The zero-order valence-corrected chi connectivity index (χ0v) is 16.1. The molecule has 0 aromatic heterocycles. The van der Waals surface area contributed by atoms with Crippen molar-refractivity contribution in [3.05, 3.63) is 23.3 Å². The summed E-state index contributed by atoms with van der Waals surface area (Å²) in [6.07, 6.45) is 1.91. The number of ether oxygens (including phenoxy) is 2. The third-order valence-corrected chi connectivity index (χ3v) is 5.53. The van der Waals surface area contributed by atoms with E-state index in [0.717, 1.165) is 23.3 Å². The molecule has 2 aliphatic rings. The van der Waals surface area contributed by atoms with Crippen LogP contribution in [0.4, 0.5) is 0 Å². The first kappa shape index (κ1) is 18.0. The van der Waals surface area contributed by atoms with E-state index in [4.69, 9.17) is 9.47 Å². The predicted octanol–water partition coefficient (Wildman–Crippen LogP) is 4.53. The van der Waals surface area contributed by atoms with Crippen LogP contribution in [-0.4, -0.2) is 17.4 Å². The molecule has 1 aromatic rings. The highest BCUT2D eigenvalue weighted by molar-refractivity contribution is 5.81. The summed E-state index contributed by atoms with van der Waals surface area (Å²) in [6, 6.07) is 4.00. The smallest absolute Gasteiger partial charge is 0.308 e. The van der Waals surface area contributed by atoms with Crippen molar-refractivity contribution < 1.29 is 19.1 Å². The molecule has 0 radical (unpaired) electrons. The standard InChI is InChI=1S/C21H28O4/c1-12(22)24-17-9-13(20(2,3)4)10-18-19(17)15-11-14(23)7-8-16(15)21(5,6)25-18/h9-10,15-16H,7-8,11H2,1-6H3. The van der Waals surface area contributed by atoms with Crippen LogP contribution in [-0.2, 0) is 15.0 Å². The molecule has 2 unspecified atom stereocenters. The van der Waals surface area contributed by atoms with E-state index in [1.165, 1.54) is 6.92 Å². The Labute approximate surface area is 149 Å². The molecule has 1 aliphatic carbocycles. The Morgan fingerprint density at radius 1 is 1.28 bits per heavy atom. The number of benzene rings is 1. The van der Waals surface area contributed by atoms with Crippen molar-refractivity contribution in [2.24, 2.45) is 5.92 Å². The van der Waals surface area contributed by atoms with Crippen molar-refractivity contribution in [3.8, 4) is 11.5 Å². The third kappa shape index (κ3) is 3.31. The zero-order valence-electron chi connectivity index (χ0n) is 16.1. The molecule has 1 heterocycles. The summed E-state index contributed by atoms with van der Waals surface area (Å²) in [6.45, 7) is 12.0. The molecule has 0 amide bonds. The second kappa shape index (κ2) is 5.86. The minimum absolute atomic E-state index is 0.0448. The van der Waals surface area contributed by atoms with Crippen molar-refractivity contribution in [1.29, 1.82) is 0 Å². The second-order valence-corrected chi connectivity index (χ2v) is 8.93. The third-order valence-electron chi connectivity index (χ3n) is 5.53. The minimum Gasteiger partial charge on any atom is -0.487 e. The summed E-state index contributed by atoms with van der Waals surface area (Å²) in [5.41, 5.74) is 1.50. The summed E-state index contributed by atoms with van der Waals surface area (Å²) in [4.78, 5) is 23.8. The van der Waals surface area contributed by atoms with E-state index < -0.39 is 0 Å². The fourth-order valence-electron chi connectivity index (χ4n) is 4.22. The van der Waals surface area contributed by atoms with Gasteiger partial charge < -0.3 is 9.47 Å². The first-order chi connectivity index (χ1) is 11.5. The van der Waals surface area contributed by atoms with Gasteiger partial charge in [0.1, 0.15) is 22.9 Å². The molecule has 4 heteroatoms. The number of carbonyl (C=O) groups is 2. The molecule has 0 spiro atoms. The van der Waals surface area contributed by atoms with E-state index >= 15 is 0 Å². The Hall–Kier alpha value is -1.84. The maximum Gasteiger partial charge on any atom is 0.308 e. The molecule has 2 atom stereocenters. The Balaban J connectivity index is 2.20. The van der Waals surface area contributed by atoms with Crippen LogP contribution < -0.4 is 9.47 Å². The van der Waals surface area contributed by atoms with Gasteiger partial charge in [-0.25, -0.2) is 0 Å². The summed E-state index contributed by atoms with van der Waals surface area (Å²) in [5, 5.41) is 0. The first-order valence-electron chi connectivity index (χ1n) is 9.06. The van der Waals surface area contributed by atoms with Gasteiger partial charge in [0.2, 0.25) is 0 Å². The lowest BCUT2D eigenvalue weighted by molar-refractivity contribution is -0.132. The topological polar surface area (TPSA) is 52.6 Å². The van der Waals surface area contributed by atoms with Crippen molar-refractivity contribution in [2.75, 3.05) is 0 Å². The summed E-state index contributed by atoms with van der Waals surface area (Å²) >= 11 is 0. The quantitative estimate of drug-likeness (QED) is 0.555. The molecule has 0 N–H and O–H groups in total. The van der Waals surface area contributed by atoms with E-state index in [1.54, 1.807) is 0 Å². The highest BCUT2D eigenvalue weighted by atomic mass is 16.5. The van der Waals surface area contributed by atoms with Gasteiger partial charge in [-0.05, 0) is 43.4 Å². The number of fused-ring (bicyclic) bond motifs is 3. The maximum absolute atomic E-state index is 12.1. The summed E-state index contributed by atoms with van der Waals surface area (Å²) in [5.74, 6) is 1.52. The van der Waals surface area contributed by atoms with Crippen molar-refractivity contribution in [2.45, 2.75) is 77.7 Å². The van der Waals surface area contributed by atoms with Crippen LogP contribution in [0.5, 0.6) is 11.5 Å². The lowest BCUT2D eigenvalue weighted by atomic mass is 9.66. The minimum atomic E-state index is -0.350. The fraction of sp³-hybridized carbons (Fsp3) is 0.619. The number of carbonyl (C=O) groups excluding carboxylic acids is 2. The van der Waals surface area contributed by atoms with Crippen molar-refractivity contribution in [1.82, 2.24) is 0 Å². The van der Waals surface area contributed by atoms with Crippen LogP contribution in [0.25, 0.3) is 0 Å². The van der Waals surface area contributed by atoms with Crippen LogP contribution >= 0.6 is 0 Å². The molecule has 1 aliphatic heterocycles. The van der Waals surface area contributed by atoms with Crippen molar-refractivity contribution in [3.63, 3.8) is 0 Å². The second-order valence-electron chi connectivity index (χ2n) is 8.93. The number of Topliss-reactive ketones (excluding diaryl/α,β-unsaturated/α-hetero) is 1. The molecule has 25 heavy (non-hydrogen) atoms. The van der Waals surface area contributed by atoms with Gasteiger partial charge in [0.15, 0.2) is 0 Å². The summed E-state index contributed by atoms with van der Waals surface area (Å²) < 4.78 is 12.0. The molecular weight excluding hydrogens is 316 g/mol. The number of ketones is 1. The molecule has 136 valence electrons. The van der Waals surface area contributed by atoms with E-state index in [-0.39, 0.29) is 34.6 Å². The lowest BCUT2D eigenvalue weighted by Gasteiger charge is -2.47. The fourth-order valence-corrected chi connectivity index (χ4v) is 4.22. The van der Waals surface area contributed by atoms with Gasteiger partial charge in [-0.3, -0.25) is 9.59 Å². The van der Waals surface area contributed by atoms with E-state index in [0.29, 0.717) is 18.6 Å². The zero-order chi connectivity index (χ0) is 18.6. The van der Waals surface area contributed by atoms with Crippen LogP contribution in [0.15, 0.2) is 12.1 Å². The number of esters is 1. The van der Waals surface area contributed by atoms with Gasteiger partial charge in [-0.1, -0.05) is 20.8 Å². The lowest BCUT2D eigenvalue weighted by Crippen LogP contribution is -2.47. The molecule has 1 fully saturated rings. The van der Waals surface area contributed by atoms with Gasteiger partial charge in [-0.2, -0.15) is 0 Å². The SMILES string of the molecule is CC(=O)Oc1cc(C(C)(C)C)cc2c1C1CC(=O)CCC1C(C)(C)O2. The average Bonchev–Trinajstić information content (AvgIpc) is 2.43. The Kier molecular flexibility index (Phi) is 4.21. The molecular formula is C21H28O4. The first-order valence-corrected chi connectivity index (χ1v) is 9.06. The van der Waals surface area contributed by atoms with Crippen molar-refractivity contribution >= 4 is 11.8 Å². The maximum atomic E-state index is 12.1. The Morgan fingerprint density at radius 3 is 2.56 bits per heavy atom. The molecule has 1 aromatic carbocycles. The molecule has 0 bridgehead atoms. The average molecular weight is 344 g/mol. The number of rotatable bonds is 1. The largest absolute Gasteiger partial charge is 0.487 e. The Morgan fingerprint density at radius 2 is 1.96 bits per heavy atom. The van der Waals surface area contributed by atoms with Gasteiger partial charge in [-0.15, -0.1) is 0 Å². The van der Waals surface area contributed by atoms with Gasteiger partial charge in [0, 0.05) is 37.2 Å². The van der Waals surface area contributed by atoms with Crippen LogP contribution in [0.2, 0.25) is 0 Å². The molecule has 4 nitrogen and oxygen atoms in total. The van der Waals surface area contributed by atoms with Gasteiger partial charge in [0.25, 0.3) is 0 Å². The molecule has 1 saturated carbocycles. The highest BCUT2D eigenvalue weighted by Crippen LogP contribution is 2.54. The van der Waals surface area contributed by atoms with Crippen LogP contribution in [0.3, 0.4) is 0 Å². The highest BCUT2D eigenvalue weighted by Gasteiger charge is 2.48. The van der Waals surface area contributed by atoms with Crippen LogP contribution in [0.1, 0.15) is 77.8 Å². The normalized spacial score (nSPS) is 24.8. The van der Waals surface area contributed by atoms with Gasteiger partial charge >= 0.3 is 5.97 Å². The van der Waals surface area contributed by atoms with Gasteiger partial charge in [0.05, 0.1) is 0 Å². The molecule has 0 saturated heterocycles. The molecule has 3 rings (SSSR count). The van der Waals surface area contributed by atoms with Crippen LogP contribution in [0, 0.1) is 5.92 Å². The monoisotopic (exact) mass is 344 g/mol. The summed E-state index contributed by atoms with van der Waals surface area (Å²) in [7, 11) is 0. The van der Waals surface area contributed by atoms with E-state index in [1.807, 2.05) is 6.07 Å². The number of hydrogen-bond donors (Lipinski definition) is 0. The van der Waals surface area contributed by atoms with E-state index in [2.05, 4.69) is 40.7 Å². The number of hydrogen-bond acceptors (Lipinski definition) is 4.